The van der Waals surface area contributed by atoms with Crippen LogP contribution < -0.4 is 0 Å². The van der Waals surface area contributed by atoms with Crippen molar-refractivity contribution in [3.05, 3.63) is 0 Å². The third-order valence-electron chi connectivity index (χ3n) is 2.71. The average Bonchev–Trinajstić information content (AvgIpc) is 2.23. The van der Waals surface area contributed by atoms with Crippen molar-refractivity contribution in [1.82, 2.24) is 4.90 Å². The van der Waals surface area contributed by atoms with Gasteiger partial charge in [0.1, 0.15) is 0 Å². The number of carbonyl (C=O) groups is 1. The molecule has 1 saturated heterocycles. The zero-order valence-electron chi connectivity index (χ0n) is 9.37. The van der Waals surface area contributed by atoms with E-state index in [1.165, 1.54) is 0 Å². The molecule has 1 heterocycles. The van der Waals surface area contributed by atoms with Crippen LogP contribution in [0.2, 0.25) is 0 Å². The van der Waals surface area contributed by atoms with Crippen LogP contribution in [0.4, 0.5) is 0 Å². The maximum Gasteiger partial charge on any atom is 0.320 e. The van der Waals surface area contributed by atoms with Gasteiger partial charge in [-0.3, -0.25) is 9.69 Å². The minimum atomic E-state index is -0.930. The highest BCUT2D eigenvalue weighted by atomic mass is 16.5. The second kappa shape index (κ2) is 6.15. The molecule has 0 aromatic carbocycles. The Hall–Kier alpha value is -0.690. The normalized spacial score (nSPS) is 31.4. The standard InChI is InChI=1S/C10H19NO5/c1-2-16-9(14)5-11-3-7(6-12)10(15)8(13)4-11/h7-8,10,12-13,15H,2-6H2,1H3/t7-,8-,10-/m0/s1. The SMILES string of the molecule is CCOC(=O)CN1C[C@@H](CO)[C@H](O)[C@@H](O)C1. The number of ether oxygens (including phenoxy) is 1. The minimum absolute atomic E-state index is 0.0775. The zero-order chi connectivity index (χ0) is 12.1. The summed E-state index contributed by atoms with van der Waals surface area (Å²) >= 11 is 0. The lowest BCUT2D eigenvalue weighted by atomic mass is 9.93. The van der Waals surface area contributed by atoms with Gasteiger partial charge in [-0.05, 0) is 6.92 Å². The predicted octanol–water partition coefficient (Wildman–Crippen LogP) is -1.80. The quantitative estimate of drug-likeness (QED) is 0.496. The maximum absolute atomic E-state index is 11.2. The highest BCUT2D eigenvalue weighted by Gasteiger charge is 2.34. The molecule has 16 heavy (non-hydrogen) atoms. The van der Waals surface area contributed by atoms with Crippen molar-refractivity contribution in [3.8, 4) is 0 Å². The molecule has 0 radical (unpaired) electrons. The first-order chi connectivity index (χ1) is 7.58. The predicted molar refractivity (Wildman–Crippen MR) is 55.7 cm³/mol. The van der Waals surface area contributed by atoms with Crippen LogP contribution in [0.1, 0.15) is 6.92 Å². The lowest BCUT2D eigenvalue weighted by Crippen LogP contribution is -2.54. The molecule has 1 fully saturated rings. The van der Waals surface area contributed by atoms with Crippen molar-refractivity contribution in [2.24, 2.45) is 5.92 Å². The molecule has 0 bridgehead atoms. The van der Waals surface area contributed by atoms with Crippen LogP contribution in [-0.2, 0) is 9.53 Å². The first-order valence-corrected chi connectivity index (χ1v) is 5.43. The summed E-state index contributed by atoms with van der Waals surface area (Å²) in [7, 11) is 0. The number of rotatable bonds is 4. The fourth-order valence-corrected chi connectivity index (χ4v) is 1.88. The molecule has 1 aliphatic heterocycles. The van der Waals surface area contributed by atoms with Crippen LogP contribution in [0, 0.1) is 5.92 Å². The molecular formula is C10H19NO5. The largest absolute Gasteiger partial charge is 0.465 e. The van der Waals surface area contributed by atoms with Crippen molar-refractivity contribution >= 4 is 5.97 Å². The van der Waals surface area contributed by atoms with Gasteiger partial charge in [0.2, 0.25) is 0 Å². The van der Waals surface area contributed by atoms with E-state index in [0.29, 0.717) is 13.2 Å². The van der Waals surface area contributed by atoms with Gasteiger partial charge < -0.3 is 20.1 Å². The Morgan fingerprint density at radius 3 is 2.69 bits per heavy atom. The molecule has 0 unspecified atom stereocenters. The molecule has 3 atom stereocenters. The van der Waals surface area contributed by atoms with Crippen LogP contribution in [0.15, 0.2) is 0 Å². The van der Waals surface area contributed by atoms with E-state index in [2.05, 4.69) is 0 Å². The Labute approximate surface area is 94.4 Å². The molecule has 3 N–H and O–H groups in total. The first-order valence-electron chi connectivity index (χ1n) is 5.43. The van der Waals surface area contributed by atoms with Gasteiger partial charge in [-0.2, -0.15) is 0 Å². The lowest BCUT2D eigenvalue weighted by molar-refractivity contribution is -0.148. The van der Waals surface area contributed by atoms with Gasteiger partial charge in [-0.25, -0.2) is 0 Å². The van der Waals surface area contributed by atoms with Crippen molar-refractivity contribution in [1.29, 1.82) is 0 Å². The summed E-state index contributed by atoms with van der Waals surface area (Å²) < 4.78 is 4.79. The highest BCUT2D eigenvalue weighted by molar-refractivity contribution is 5.71. The second-order valence-corrected chi connectivity index (χ2v) is 4.00. The molecule has 0 aromatic heterocycles. The van der Waals surface area contributed by atoms with Crippen molar-refractivity contribution < 1.29 is 24.9 Å². The van der Waals surface area contributed by atoms with Crippen molar-refractivity contribution in [2.75, 3.05) is 32.8 Å². The van der Waals surface area contributed by atoms with E-state index in [9.17, 15) is 15.0 Å². The Morgan fingerprint density at radius 1 is 1.44 bits per heavy atom. The van der Waals surface area contributed by atoms with Gasteiger partial charge in [0, 0.05) is 25.6 Å². The summed E-state index contributed by atoms with van der Waals surface area (Å²) in [4.78, 5) is 12.9. The van der Waals surface area contributed by atoms with Crippen LogP contribution >= 0.6 is 0 Å². The van der Waals surface area contributed by atoms with E-state index in [0.717, 1.165) is 0 Å². The van der Waals surface area contributed by atoms with E-state index >= 15 is 0 Å². The fraction of sp³-hybridized carbons (Fsp3) is 0.900. The molecule has 0 saturated carbocycles. The topological polar surface area (TPSA) is 90.2 Å². The molecule has 6 nitrogen and oxygen atoms in total. The molecule has 0 aromatic rings. The number of aliphatic hydroxyl groups excluding tert-OH is 3. The smallest absolute Gasteiger partial charge is 0.320 e. The number of hydrogen-bond acceptors (Lipinski definition) is 6. The molecule has 0 amide bonds. The summed E-state index contributed by atoms with van der Waals surface area (Å²) in [6, 6.07) is 0. The van der Waals surface area contributed by atoms with Gasteiger partial charge in [-0.15, -0.1) is 0 Å². The third kappa shape index (κ3) is 3.41. The van der Waals surface area contributed by atoms with Crippen LogP contribution in [0.25, 0.3) is 0 Å². The van der Waals surface area contributed by atoms with Crippen LogP contribution in [0.5, 0.6) is 0 Å². The maximum atomic E-state index is 11.2. The monoisotopic (exact) mass is 233 g/mol. The first kappa shape index (κ1) is 13.4. The van der Waals surface area contributed by atoms with Crippen LogP contribution in [-0.4, -0.2) is 71.2 Å². The molecule has 1 aliphatic rings. The Bertz CT molecular complexity index is 235. The number of β-amino-alcohol motifs (C(OH)–C–C–N with tert-alkyl or cyclic N) is 1. The molecule has 6 heteroatoms. The Kier molecular flexibility index (Phi) is 5.14. The summed E-state index contributed by atoms with van der Waals surface area (Å²) in [6.45, 7) is 2.51. The van der Waals surface area contributed by atoms with E-state index < -0.39 is 18.1 Å². The number of aliphatic hydroxyl groups is 3. The third-order valence-corrected chi connectivity index (χ3v) is 2.71. The number of hydrogen-bond donors (Lipinski definition) is 3. The van der Waals surface area contributed by atoms with Crippen molar-refractivity contribution in [3.63, 3.8) is 0 Å². The average molecular weight is 233 g/mol. The summed E-state index contributed by atoms with van der Waals surface area (Å²) in [5.74, 6) is -0.777. The van der Waals surface area contributed by atoms with Crippen LogP contribution in [0.3, 0.4) is 0 Å². The molecule has 0 aliphatic carbocycles. The number of likely N-dealkylation sites (tertiary alicyclic amines) is 1. The number of nitrogens with zero attached hydrogens (tertiary/aromatic N) is 1. The Morgan fingerprint density at radius 2 is 2.12 bits per heavy atom. The summed E-state index contributed by atoms with van der Waals surface area (Å²) in [5, 5.41) is 28.1. The molecule has 0 spiro atoms. The molecule has 1 rings (SSSR count). The molecular weight excluding hydrogens is 214 g/mol. The van der Waals surface area contributed by atoms with Gasteiger partial charge >= 0.3 is 5.97 Å². The number of piperidine rings is 1. The highest BCUT2D eigenvalue weighted by Crippen LogP contribution is 2.17. The van der Waals surface area contributed by atoms with Gasteiger partial charge in [0.25, 0.3) is 0 Å². The number of carbonyl (C=O) groups excluding carboxylic acids is 1. The van der Waals surface area contributed by atoms with Gasteiger partial charge in [0.15, 0.2) is 0 Å². The summed E-state index contributed by atoms with van der Waals surface area (Å²) in [6.07, 6.45) is -1.86. The fourth-order valence-electron chi connectivity index (χ4n) is 1.88. The van der Waals surface area contributed by atoms with E-state index in [1.54, 1.807) is 11.8 Å². The minimum Gasteiger partial charge on any atom is -0.465 e. The van der Waals surface area contributed by atoms with Gasteiger partial charge in [0.05, 0.1) is 25.4 Å². The Balaban J connectivity index is 2.47. The lowest BCUT2D eigenvalue weighted by Gasteiger charge is -2.37. The molecule has 94 valence electrons. The second-order valence-electron chi connectivity index (χ2n) is 4.00. The van der Waals surface area contributed by atoms with E-state index in [4.69, 9.17) is 9.84 Å². The van der Waals surface area contributed by atoms with Crippen molar-refractivity contribution in [2.45, 2.75) is 19.1 Å². The summed E-state index contributed by atoms with van der Waals surface area (Å²) in [5.41, 5.74) is 0. The van der Waals surface area contributed by atoms with E-state index in [-0.39, 0.29) is 25.7 Å². The van der Waals surface area contributed by atoms with E-state index in [1.807, 2.05) is 0 Å². The number of esters is 1. The van der Waals surface area contributed by atoms with Gasteiger partial charge in [-0.1, -0.05) is 0 Å². The zero-order valence-corrected chi connectivity index (χ0v) is 9.37.